The van der Waals surface area contributed by atoms with Crippen molar-refractivity contribution < 1.29 is 14.3 Å². The molecule has 120 valence electrons. The zero-order valence-corrected chi connectivity index (χ0v) is 13.3. The smallest absolute Gasteiger partial charge is 0.233 e. The normalized spacial score (nSPS) is 17.9. The number of nitrogens with one attached hydrogen (secondary N) is 1. The molecule has 0 spiro atoms. The van der Waals surface area contributed by atoms with Gasteiger partial charge in [0.15, 0.2) is 0 Å². The van der Waals surface area contributed by atoms with Gasteiger partial charge in [0.2, 0.25) is 11.8 Å². The molecule has 0 saturated carbocycles. The molecule has 1 unspecified atom stereocenters. The Bertz CT molecular complexity index is 513. The number of carbonyl (C=O) groups is 2. The third-order valence-corrected chi connectivity index (χ3v) is 3.77. The summed E-state index contributed by atoms with van der Waals surface area (Å²) in [5.41, 5.74) is 0.674. The van der Waals surface area contributed by atoms with Crippen molar-refractivity contribution in [3.8, 4) is 5.75 Å². The van der Waals surface area contributed by atoms with Crippen molar-refractivity contribution in [3.63, 3.8) is 0 Å². The number of carbonyl (C=O) groups excluding carboxylic acids is 2. The lowest BCUT2D eigenvalue weighted by molar-refractivity contribution is -0.136. The summed E-state index contributed by atoms with van der Waals surface area (Å²) in [6.45, 7) is 6.19. The van der Waals surface area contributed by atoms with E-state index in [9.17, 15) is 9.59 Å². The lowest BCUT2D eigenvalue weighted by atomic mass is 10.00. The molecule has 2 amide bonds. The maximum Gasteiger partial charge on any atom is 0.233 e. The van der Waals surface area contributed by atoms with E-state index in [-0.39, 0.29) is 18.2 Å². The molecule has 1 aliphatic rings. The molecule has 2 rings (SSSR count). The van der Waals surface area contributed by atoms with Crippen LogP contribution in [0.3, 0.4) is 0 Å². The molecule has 1 heterocycles. The molecule has 0 radical (unpaired) electrons. The highest BCUT2D eigenvalue weighted by molar-refractivity contribution is 6.03. The Morgan fingerprint density at radius 1 is 1.32 bits per heavy atom. The van der Waals surface area contributed by atoms with E-state index in [4.69, 9.17) is 4.74 Å². The first-order chi connectivity index (χ1) is 10.6. The topological polar surface area (TPSA) is 58.6 Å². The summed E-state index contributed by atoms with van der Waals surface area (Å²) in [4.78, 5) is 25.9. The summed E-state index contributed by atoms with van der Waals surface area (Å²) in [6, 6.07) is 7.15. The first kappa shape index (κ1) is 16.3. The van der Waals surface area contributed by atoms with Gasteiger partial charge in [-0.1, -0.05) is 6.92 Å². The molecule has 1 fully saturated rings. The Morgan fingerprint density at radius 2 is 2.05 bits per heavy atom. The monoisotopic (exact) mass is 304 g/mol. The van der Waals surface area contributed by atoms with Gasteiger partial charge in [0.1, 0.15) is 12.2 Å². The van der Waals surface area contributed by atoms with Crippen molar-refractivity contribution in [1.82, 2.24) is 4.90 Å². The van der Waals surface area contributed by atoms with Crippen molar-refractivity contribution in [1.29, 1.82) is 0 Å². The number of rotatable bonds is 5. The molecular weight excluding hydrogens is 280 g/mol. The van der Waals surface area contributed by atoms with Gasteiger partial charge >= 0.3 is 0 Å². The number of piperidine rings is 1. The Labute approximate surface area is 131 Å². The molecule has 1 N–H and O–H groups in total. The average Bonchev–Trinajstić information content (AvgIpc) is 2.49. The maximum absolute atomic E-state index is 12.1. The van der Waals surface area contributed by atoms with Crippen LogP contribution in [-0.4, -0.2) is 36.4 Å². The molecular formula is C17H24N2O3. The second-order valence-electron chi connectivity index (χ2n) is 5.77. The van der Waals surface area contributed by atoms with Crippen LogP contribution >= 0.6 is 0 Å². The van der Waals surface area contributed by atoms with Crippen LogP contribution in [0.5, 0.6) is 5.75 Å². The van der Waals surface area contributed by atoms with E-state index in [1.165, 1.54) is 0 Å². The van der Waals surface area contributed by atoms with E-state index < -0.39 is 0 Å². The molecule has 5 heteroatoms. The van der Waals surface area contributed by atoms with Crippen LogP contribution in [0.15, 0.2) is 24.3 Å². The fourth-order valence-electron chi connectivity index (χ4n) is 2.67. The highest BCUT2D eigenvalue weighted by atomic mass is 16.5. The number of anilines is 1. The van der Waals surface area contributed by atoms with Gasteiger partial charge in [-0.05, 0) is 49.9 Å². The molecule has 1 saturated heterocycles. The SMILES string of the molecule is CCOc1ccc(NC(=O)CC(=O)N2CCCC(C)C2)cc1. The molecule has 1 atom stereocenters. The Kier molecular flexibility index (Phi) is 5.81. The lowest BCUT2D eigenvalue weighted by Crippen LogP contribution is -2.40. The summed E-state index contributed by atoms with van der Waals surface area (Å²) in [7, 11) is 0. The van der Waals surface area contributed by atoms with Crippen LogP contribution in [0, 0.1) is 5.92 Å². The first-order valence-corrected chi connectivity index (χ1v) is 7.89. The largest absolute Gasteiger partial charge is 0.494 e. The van der Waals surface area contributed by atoms with E-state index >= 15 is 0 Å². The number of benzene rings is 1. The van der Waals surface area contributed by atoms with Crippen molar-refractivity contribution in [2.24, 2.45) is 5.92 Å². The van der Waals surface area contributed by atoms with Gasteiger partial charge in [0.25, 0.3) is 0 Å². The van der Waals surface area contributed by atoms with Gasteiger partial charge in [-0.15, -0.1) is 0 Å². The fraction of sp³-hybridized carbons (Fsp3) is 0.529. The van der Waals surface area contributed by atoms with Crippen LogP contribution in [0.1, 0.15) is 33.1 Å². The van der Waals surface area contributed by atoms with E-state index in [1.807, 2.05) is 6.92 Å². The van der Waals surface area contributed by atoms with Crippen LogP contribution in [0.2, 0.25) is 0 Å². The summed E-state index contributed by atoms with van der Waals surface area (Å²) in [6.07, 6.45) is 2.08. The number of likely N-dealkylation sites (tertiary alicyclic amines) is 1. The maximum atomic E-state index is 12.1. The zero-order valence-electron chi connectivity index (χ0n) is 13.3. The van der Waals surface area contributed by atoms with Gasteiger partial charge in [0.05, 0.1) is 6.61 Å². The van der Waals surface area contributed by atoms with Crippen molar-refractivity contribution >= 4 is 17.5 Å². The van der Waals surface area contributed by atoms with E-state index in [0.717, 1.165) is 31.7 Å². The minimum absolute atomic E-state index is 0.0880. The molecule has 1 aromatic rings. The quantitative estimate of drug-likeness (QED) is 0.851. The predicted molar refractivity (Wildman–Crippen MR) is 85.8 cm³/mol. The summed E-state index contributed by atoms with van der Waals surface area (Å²) >= 11 is 0. The number of hydrogen-bond acceptors (Lipinski definition) is 3. The third kappa shape index (κ3) is 4.76. The molecule has 22 heavy (non-hydrogen) atoms. The fourth-order valence-corrected chi connectivity index (χ4v) is 2.67. The van der Waals surface area contributed by atoms with Crippen LogP contribution in [-0.2, 0) is 9.59 Å². The van der Waals surface area contributed by atoms with Gasteiger partial charge in [0, 0.05) is 18.8 Å². The molecule has 1 aliphatic heterocycles. The van der Waals surface area contributed by atoms with Crippen molar-refractivity contribution in [3.05, 3.63) is 24.3 Å². The van der Waals surface area contributed by atoms with Crippen LogP contribution in [0.25, 0.3) is 0 Å². The zero-order chi connectivity index (χ0) is 15.9. The van der Waals surface area contributed by atoms with Gasteiger partial charge in [-0.2, -0.15) is 0 Å². The van der Waals surface area contributed by atoms with Gasteiger partial charge in [-0.3, -0.25) is 9.59 Å². The first-order valence-electron chi connectivity index (χ1n) is 7.89. The standard InChI is InChI=1S/C17H24N2O3/c1-3-22-15-8-6-14(7-9-15)18-16(20)11-17(21)19-10-4-5-13(2)12-19/h6-9,13H,3-5,10-12H2,1-2H3,(H,18,20). The van der Waals surface area contributed by atoms with Crippen molar-refractivity contribution in [2.45, 2.75) is 33.1 Å². The van der Waals surface area contributed by atoms with E-state index in [1.54, 1.807) is 29.2 Å². The molecule has 1 aromatic carbocycles. The second-order valence-corrected chi connectivity index (χ2v) is 5.77. The predicted octanol–water partition coefficient (Wildman–Crippen LogP) is 2.67. The Hall–Kier alpha value is -2.04. The van der Waals surface area contributed by atoms with Gasteiger partial charge < -0.3 is 15.0 Å². The highest BCUT2D eigenvalue weighted by Gasteiger charge is 2.22. The van der Waals surface area contributed by atoms with Crippen LogP contribution in [0.4, 0.5) is 5.69 Å². The highest BCUT2D eigenvalue weighted by Crippen LogP contribution is 2.18. The molecule has 0 aromatic heterocycles. The minimum atomic E-state index is -0.271. The van der Waals surface area contributed by atoms with Crippen LogP contribution < -0.4 is 10.1 Å². The average molecular weight is 304 g/mol. The second kappa shape index (κ2) is 7.82. The Morgan fingerprint density at radius 3 is 2.68 bits per heavy atom. The molecule has 0 aliphatic carbocycles. The molecule has 0 bridgehead atoms. The summed E-state index contributed by atoms with van der Waals surface area (Å²) in [5.74, 6) is 0.924. The summed E-state index contributed by atoms with van der Waals surface area (Å²) < 4.78 is 5.35. The number of ether oxygens (including phenoxy) is 1. The number of nitrogens with zero attached hydrogens (tertiary/aromatic N) is 1. The number of hydrogen-bond donors (Lipinski definition) is 1. The molecule has 5 nitrogen and oxygen atoms in total. The van der Waals surface area contributed by atoms with Crippen molar-refractivity contribution in [2.75, 3.05) is 25.0 Å². The van der Waals surface area contributed by atoms with Gasteiger partial charge in [-0.25, -0.2) is 0 Å². The summed E-state index contributed by atoms with van der Waals surface area (Å²) in [5, 5.41) is 2.75. The lowest BCUT2D eigenvalue weighted by Gasteiger charge is -2.30. The van der Waals surface area contributed by atoms with E-state index in [0.29, 0.717) is 18.2 Å². The van der Waals surface area contributed by atoms with E-state index in [2.05, 4.69) is 12.2 Å². The Balaban J connectivity index is 1.82. The third-order valence-electron chi connectivity index (χ3n) is 3.77. The minimum Gasteiger partial charge on any atom is -0.494 e. The number of amides is 2.